The number of nitrogens with zero attached hydrogens (tertiary/aromatic N) is 4. The van der Waals surface area contributed by atoms with Crippen molar-refractivity contribution in [3.63, 3.8) is 0 Å². The molecule has 3 aromatic rings. The number of thioether (sulfide) groups is 1. The molecule has 0 radical (unpaired) electrons. The molecule has 0 spiro atoms. The third kappa shape index (κ3) is 3.35. The number of pyridine rings is 1. The van der Waals surface area contributed by atoms with Crippen molar-refractivity contribution in [1.29, 1.82) is 5.26 Å². The highest BCUT2D eigenvalue weighted by Gasteiger charge is 2.24. The van der Waals surface area contributed by atoms with E-state index in [0.717, 1.165) is 47.6 Å². The third-order valence-corrected chi connectivity index (χ3v) is 6.51. The van der Waals surface area contributed by atoms with Gasteiger partial charge in [-0.1, -0.05) is 36.7 Å². The Labute approximate surface area is 169 Å². The number of amides is 1. The van der Waals surface area contributed by atoms with E-state index in [9.17, 15) is 10.1 Å². The molecule has 0 N–H and O–H groups in total. The topological polar surface area (TPSA) is 61.4 Å². The van der Waals surface area contributed by atoms with Crippen molar-refractivity contribution in [2.45, 2.75) is 49.8 Å². The molecule has 5 nitrogen and oxygen atoms in total. The van der Waals surface area contributed by atoms with Gasteiger partial charge in [-0.3, -0.25) is 9.20 Å². The first-order valence-electron chi connectivity index (χ1n) is 9.86. The van der Waals surface area contributed by atoms with Crippen LogP contribution in [-0.2, 0) is 4.79 Å². The normalized spacial score (nSPS) is 16.1. The summed E-state index contributed by atoms with van der Waals surface area (Å²) in [5, 5.41) is 10.4. The van der Waals surface area contributed by atoms with Gasteiger partial charge in [0, 0.05) is 13.1 Å². The zero-order valence-electron chi connectivity index (χ0n) is 16.3. The van der Waals surface area contributed by atoms with Crippen LogP contribution < -0.4 is 0 Å². The third-order valence-electron chi connectivity index (χ3n) is 5.41. The number of hydrogen-bond acceptors (Lipinski definition) is 4. The summed E-state index contributed by atoms with van der Waals surface area (Å²) >= 11 is 1.56. The van der Waals surface area contributed by atoms with E-state index in [2.05, 4.69) is 6.07 Å². The molecule has 6 heteroatoms. The van der Waals surface area contributed by atoms with E-state index in [1.807, 2.05) is 53.5 Å². The van der Waals surface area contributed by atoms with Crippen LogP contribution in [0.1, 0.15) is 43.7 Å². The van der Waals surface area contributed by atoms with Crippen LogP contribution in [0, 0.1) is 18.3 Å². The Morgan fingerprint density at radius 2 is 1.93 bits per heavy atom. The number of para-hydroxylation sites is 2. The van der Waals surface area contributed by atoms with Gasteiger partial charge in [-0.25, -0.2) is 4.98 Å². The van der Waals surface area contributed by atoms with Crippen molar-refractivity contribution in [3.8, 4) is 6.07 Å². The van der Waals surface area contributed by atoms with Crippen molar-refractivity contribution < 1.29 is 4.79 Å². The minimum atomic E-state index is -0.185. The van der Waals surface area contributed by atoms with Gasteiger partial charge in [0.1, 0.15) is 6.07 Å². The molecule has 3 heterocycles. The average molecular weight is 393 g/mol. The number of carbonyl (C=O) groups is 1. The maximum Gasteiger partial charge on any atom is 0.235 e. The largest absolute Gasteiger partial charge is 0.342 e. The maximum atomic E-state index is 13.0. The summed E-state index contributed by atoms with van der Waals surface area (Å²) in [5.41, 5.74) is 3.97. The highest BCUT2D eigenvalue weighted by molar-refractivity contribution is 8.00. The van der Waals surface area contributed by atoms with Gasteiger partial charge in [-0.2, -0.15) is 5.26 Å². The van der Waals surface area contributed by atoms with E-state index >= 15 is 0 Å². The van der Waals surface area contributed by atoms with Gasteiger partial charge in [0.2, 0.25) is 5.91 Å². The van der Waals surface area contributed by atoms with Gasteiger partial charge in [-0.05, 0) is 50.5 Å². The van der Waals surface area contributed by atoms with E-state index < -0.39 is 0 Å². The standard InChI is InChI=1S/C22H24N4OS/c1-15-13-20(28-16(2)22(27)25-11-7-3-4-8-12-25)26-19-10-6-5-9-18(19)24-21(26)17(15)14-23/h5-6,9-10,13,16H,3-4,7-8,11-12H2,1-2H3/t16-/m1/s1. The molecule has 1 aromatic carbocycles. The molecule has 1 aliphatic heterocycles. The molecule has 4 rings (SSSR count). The van der Waals surface area contributed by atoms with Crippen LogP contribution in [0.25, 0.3) is 16.7 Å². The molecule has 28 heavy (non-hydrogen) atoms. The summed E-state index contributed by atoms with van der Waals surface area (Å²) in [6.07, 6.45) is 4.61. The predicted molar refractivity (Wildman–Crippen MR) is 113 cm³/mol. The van der Waals surface area contributed by atoms with E-state index in [1.165, 1.54) is 12.8 Å². The fourth-order valence-corrected chi connectivity index (χ4v) is 5.07. The average Bonchev–Trinajstić information content (AvgIpc) is 2.87. The molecule has 1 amide bonds. The van der Waals surface area contributed by atoms with Gasteiger partial charge in [0.05, 0.1) is 26.9 Å². The van der Waals surface area contributed by atoms with Crippen molar-refractivity contribution >= 4 is 34.3 Å². The zero-order valence-corrected chi connectivity index (χ0v) is 17.1. The number of likely N-dealkylation sites (tertiary alicyclic amines) is 1. The lowest BCUT2D eigenvalue weighted by atomic mass is 10.2. The van der Waals surface area contributed by atoms with Gasteiger partial charge in [0.15, 0.2) is 5.65 Å². The smallest absolute Gasteiger partial charge is 0.235 e. The van der Waals surface area contributed by atoms with Crippen LogP contribution in [0.15, 0.2) is 35.4 Å². The van der Waals surface area contributed by atoms with Crippen LogP contribution >= 0.6 is 11.8 Å². The Balaban J connectivity index is 1.74. The lowest BCUT2D eigenvalue weighted by molar-refractivity contribution is -0.130. The number of rotatable bonds is 3. The first-order chi connectivity index (χ1) is 13.6. The summed E-state index contributed by atoms with van der Waals surface area (Å²) in [6, 6.07) is 12.2. The highest BCUT2D eigenvalue weighted by atomic mass is 32.2. The monoisotopic (exact) mass is 392 g/mol. The van der Waals surface area contributed by atoms with Gasteiger partial charge < -0.3 is 4.90 Å². The number of carbonyl (C=O) groups excluding carboxylic acids is 1. The second-order valence-electron chi connectivity index (χ2n) is 7.41. The first kappa shape index (κ1) is 18.8. The van der Waals surface area contributed by atoms with Crippen LogP contribution in [0.2, 0.25) is 0 Å². The zero-order chi connectivity index (χ0) is 19.7. The number of aromatic nitrogens is 2. The molecular weight excluding hydrogens is 368 g/mol. The second-order valence-corrected chi connectivity index (χ2v) is 8.77. The SMILES string of the molecule is Cc1cc(S[C@H](C)C(=O)N2CCCCCC2)n2c(nc3ccccc32)c1C#N. The number of fused-ring (bicyclic) bond motifs is 3. The molecular formula is C22H24N4OS. The second kappa shape index (κ2) is 7.84. The van der Waals surface area contributed by atoms with Crippen molar-refractivity contribution in [2.75, 3.05) is 13.1 Å². The molecule has 0 saturated carbocycles. The Hall–Kier alpha value is -2.52. The Kier molecular flexibility index (Phi) is 5.27. The summed E-state index contributed by atoms with van der Waals surface area (Å²) in [6.45, 7) is 5.64. The van der Waals surface area contributed by atoms with Crippen molar-refractivity contribution in [2.24, 2.45) is 0 Å². The number of imidazole rings is 1. The molecule has 1 saturated heterocycles. The lowest BCUT2D eigenvalue weighted by Crippen LogP contribution is -2.37. The highest BCUT2D eigenvalue weighted by Crippen LogP contribution is 2.32. The van der Waals surface area contributed by atoms with Crippen LogP contribution in [0.5, 0.6) is 0 Å². The number of benzene rings is 1. The molecule has 1 fully saturated rings. The van der Waals surface area contributed by atoms with Crippen molar-refractivity contribution in [1.82, 2.24) is 14.3 Å². The molecule has 0 aliphatic carbocycles. The summed E-state index contributed by atoms with van der Waals surface area (Å²) in [5.74, 6) is 0.200. The summed E-state index contributed by atoms with van der Waals surface area (Å²) < 4.78 is 2.03. The van der Waals surface area contributed by atoms with Gasteiger partial charge in [0.25, 0.3) is 0 Å². The Morgan fingerprint density at radius 3 is 2.64 bits per heavy atom. The molecule has 1 aliphatic rings. The molecule has 0 unspecified atom stereocenters. The number of aryl methyl sites for hydroxylation is 1. The van der Waals surface area contributed by atoms with E-state index in [1.54, 1.807) is 11.8 Å². The minimum Gasteiger partial charge on any atom is -0.342 e. The lowest BCUT2D eigenvalue weighted by Gasteiger charge is -2.24. The maximum absolute atomic E-state index is 13.0. The van der Waals surface area contributed by atoms with Crippen molar-refractivity contribution in [3.05, 3.63) is 41.5 Å². The fraction of sp³-hybridized carbons (Fsp3) is 0.409. The predicted octanol–water partition coefficient (Wildman–Crippen LogP) is 4.55. The van der Waals surface area contributed by atoms with Gasteiger partial charge >= 0.3 is 0 Å². The fourth-order valence-electron chi connectivity index (χ4n) is 3.92. The molecule has 144 valence electrons. The minimum absolute atomic E-state index is 0.185. The Bertz CT molecular complexity index is 1070. The van der Waals surface area contributed by atoms with E-state index in [0.29, 0.717) is 11.2 Å². The van der Waals surface area contributed by atoms with Crippen LogP contribution in [0.3, 0.4) is 0 Å². The number of nitriles is 1. The van der Waals surface area contributed by atoms with E-state index in [4.69, 9.17) is 4.98 Å². The van der Waals surface area contributed by atoms with E-state index in [-0.39, 0.29) is 11.2 Å². The molecule has 1 atom stereocenters. The van der Waals surface area contributed by atoms with Crippen LogP contribution in [0.4, 0.5) is 0 Å². The van der Waals surface area contributed by atoms with Crippen LogP contribution in [-0.4, -0.2) is 38.5 Å². The summed E-state index contributed by atoms with van der Waals surface area (Å²) in [7, 11) is 0. The summed E-state index contributed by atoms with van der Waals surface area (Å²) in [4.78, 5) is 19.7. The first-order valence-corrected chi connectivity index (χ1v) is 10.7. The molecule has 2 aromatic heterocycles. The number of hydrogen-bond donors (Lipinski definition) is 0. The quantitative estimate of drug-likeness (QED) is 0.614. The Morgan fingerprint density at radius 1 is 1.21 bits per heavy atom. The van der Waals surface area contributed by atoms with Gasteiger partial charge in [-0.15, -0.1) is 0 Å². The molecule has 0 bridgehead atoms.